The first-order valence-electron chi connectivity index (χ1n) is 6.23. The molecule has 5 heteroatoms. The van der Waals surface area contributed by atoms with Crippen LogP contribution < -0.4 is 11.1 Å². The summed E-state index contributed by atoms with van der Waals surface area (Å²) in [5.74, 6) is -0.420. The summed E-state index contributed by atoms with van der Waals surface area (Å²) in [6.45, 7) is 4.03. The highest BCUT2D eigenvalue weighted by Crippen LogP contribution is 2.23. The minimum Gasteiger partial charge on any atom is -0.393 e. The van der Waals surface area contributed by atoms with Gasteiger partial charge in [0.2, 0.25) is 5.91 Å². The van der Waals surface area contributed by atoms with E-state index in [1.807, 2.05) is 24.4 Å². The molecule has 0 aliphatic carbocycles. The molecule has 1 amide bonds. The average Bonchev–Trinajstić information content (AvgIpc) is 2.82. The van der Waals surface area contributed by atoms with E-state index < -0.39 is 0 Å². The fourth-order valence-electron chi connectivity index (χ4n) is 1.85. The van der Waals surface area contributed by atoms with Crippen molar-refractivity contribution >= 4 is 34.5 Å². The summed E-state index contributed by atoms with van der Waals surface area (Å²) in [7, 11) is 0. The lowest BCUT2D eigenvalue weighted by Gasteiger charge is -2.20. The Bertz CT molecular complexity index is 390. The molecule has 0 radical (unpaired) electrons. The van der Waals surface area contributed by atoms with E-state index in [1.54, 1.807) is 11.3 Å². The summed E-state index contributed by atoms with van der Waals surface area (Å²) in [6, 6.07) is 4.12. The molecule has 3 nitrogen and oxygen atoms in total. The van der Waals surface area contributed by atoms with E-state index in [9.17, 15) is 4.79 Å². The summed E-state index contributed by atoms with van der Waals surface area (Å²) in [4.78, 5) is 13.6. The predicted molar refractivity (Wildman–Crippen MR) is 80.7 cm³/mol. The summed E-state index contributed by atoms with van der Waals surface area (Å²) in [5.41, 5.74) is 5.59. The fourth-order valence-corrected chi connectivity index (χ4v) is 2.94. The van der Waals surface area contributed by atoms with Crippen LogP contribution in [0.3, 0.4) is 0 Å². The predicted octanol–water partition coefficient (Wildman–Crippen LogP) is 3.02. The quantitative estimate of drug-likeness (QED) is 0.757. The van der Waals surface area contributed by atoms with Crippen LogP contribution in [0.25, 0.3) is 0 Å². The highest BCUT2D eigenvalue weighted by Gasteiger charge is 2.22. The van der Waals surface area contributed by atoms with Gasteiger partial charge in [-0.3, -0.25) is 4.79 Å². The van der Waals surface area contributed by atoms with Gasteiger partial charge in [0.15, 0.2) is 0 Å². The zero-order valence-electron chi connectivity index (χ0n) is 10.8. The number of thiophene rings is 1. The second kappa shape index (κ2) is 7.48. The number of thiocarbonyl (C=S) groups is 1. The van der Waals surface area contributed by atoms with Crippen molar-refractivity contribution in [2.45, 2.75) is 39.2 Å². The Kier molecular flexibility index (Phi) is 6.29. The molecule has 0 bridgehead atoms. The van der Waals surface area contributed by atoms with Gasteiger partial charge in [-0.2, -0.15) is 0 Å². The number of rotatable bonds is 7. The van der Waals surface area contributed by atoms with Crippen molar-refractivity contribution in [2.75, 3.05) is 0 Å². The molecule has 0 aliphatic heterocycles. The highest BCUT2D eigenvalue weighted by molar-refractivity contribution is 7.80. The standard InChI is InChI=1S/C13H20N2OS2/c1-3-6-10(11-7-5-8-18-11)15-13(16)9(4-2)12(14)17/h5,7-10H,3-4,6H2,1-2H3,(H2,14,17)(H,15,16). The lowest BCUT2D eigenvalue weighted by Crippen LogP contribution is -2.39. The third-order valence-electron chi connectivity index (χ3n) is 2.85. The van der Waals surface area contributed by atoms with Crippen molar-refractivity contribution in [3.05, 3.63) is 22.4 Å². The first-order chi connectivity index (χ1) is 8.60. The molecule has 1 aromatic rings. The van der Waals surface area contributed by atoms with E-state index in [-0.39, 0.29) is 22.9 Å². The van der Waals surface area contributed by atoms with Gasteiger partial charge >= 0.3 is 0 Å². The van der Waals surface area contributed by atoms with Gasteiger partial charge in [-0.05, 0) is 24.3 Å². The van der Waals surface area contributed by atoms with Gasteiger partial charge in [-0.25, -0.2) is 0 Å². The molecule has 18 heavy (non-hydrogen) atoms. The van der Waals surface area contributed by atoms with Gasteiger partial charge in [-0.1, -0.05) is 38.6 Å². The first-order valence-corrected chi connectivity index (χ1v) is 7.52. The van der Waals surface area contributed by atoms with Crippen molar-refractivity contribution in [3.63, 3.8) is 0 Å². The molecule has 1 rings (SSSR count). The molecule has 0 aliphatic rings. The number of hydrogen-bond acceptors (Lipinski definition) is 3. The molecule has 1 aromatic heterocycles. The second-order valence-electron chi connectivity index (χ2n) is 4.23. The van der Waals surface area contributed by atoms with Gasteiger partial charge in [0.05, 0.1) is 16.9 Å². The number of amides is 1. The summed E-state index contributed by atoms with van der Waals surface area (Å²) < 4.78 is 0. The lowest BCUT2D eigenvalue weighted by atomic mass is 10.0. The fraction of sp³-hybridized carbons (Fsp3) is 0.538. The summed E-state index contributed by atoms with van der Waals surface area (Å²) in [5, 5.41) is 5.08. The summed E-state index contributed by atoms with van der Waals surface area (Å²) in [6.07, 6.45) is 2.59. The van der Waals surface area contributed by atoms with E-state index in [4.69, 9.17) is 18.0 Å². The lowest BCUT2D eigenvalue weighted by molar-refractivity contribution is -0.123. The molecule has 0 aromatic carbocycles. The molecule has 100 valence electrons. The number of nitrogens with one attached hydrogen (secondary N) is 1. The maximum absolute atomic E-state index is 12.1. The van der Waals surface area contributed by atoms with Crippen LogP contribution in [0.4, 0.5) is 0 Å². The molecular formula is C13H20N2OS2. The minimum absolute atomic E-state index is 0.0585. The number of carbonyl (C=O) groups is 1. The Balaban J connectivity index is 2.72. The first kappa shape index (κ1) is 15.1. The Labute approximate surface area is 118 Å². The van der Waals surface area contributed by atoms with Gasteiger partial charge < -0.3 is 11.1 Å². The second-order valence-corrected chi connectivity index (χ2v) is 5.68. The number of nitrogens with two attached hydrogens (primary N) is 1. The molecule has 1 heterocycles. The molecule has 2 unspecified atom stereocenters. The van der Waals surface area contributed by atoms with Crippen LogP contribution in [0.15, 0.2) is 17.5 Å². The van der Waals surface area contributed by atoms with Gasteiger partial charge in [0, 0.05) is 4.88 Å². The number of hydrogen-bond donors (Lipinski definition) is 2. The van der Waals surface area contributed by atoms with Crippen LogP contribution >= 0.6 is 23.6 Å². The Morgan fingerprint density at radius 2 is 2.28 bits per heavy atom. The van der Waals surface area contributed by atoms with E-state index in [0.29, 0.717) is 6.42 Å². The molecule has 2 atom stereocenters. The molecule has 0 spiro atoms. The van der Waals surface area contributed by atoms with Gasteiger partial charge in [0.1, 0.15) is 0 Å². The largest absolute Gasteiger partial charge is 0.393 e. The van der Waals surface area contributed by atoms with E-state index in [2.05, 4.69) is 12.2 Å². The molecular weight excluding hydrogens is 264 g/mol. The van der Waals surface area contributed by atoms with Gasteiger partial charge in [-0.15, -0.1) is 11.3 Å². The monoisotopic (exact) mass is 284 g/mol. The zero-order valence-corrected chi connectivity index (χ0v) is 12.4. The Hall–Kier alpha value is -0.940. The van der Waals surface area contributed by atoms with Crippen LogP contribution in [-0.4, -0.2) is 10.9 Å². The van der Waals surface area contributed by atoms with Crippen molar-refractivity contribution in [2.24, 2.45) is 11.7 Å². The van der Waals surface area contributed by atoms with E-state index in [0.717, 1.165) is 12.8 Å². The molecule has 0 fully saturated rings. The molecule has 3 N–H and O–H groups in total. The van der Waals surface area contributed by atoms with Crippen molar-refractivity contribution in [1.82, 2.24) is 5.32 Å². The Morgan fingerprint density at radius 1 is 1.56 bits per heavy atom. The highest BCUT2D eigenvalue weighted by atomic mass is 32.1. The number of carbonyl (C=O) groups excluding carboxylic acids is 1. The van der Waals surface area contributed by atoms with Crippen molar-refractivity contribution in [3.8, 4) is 0 Å². The summed E-state index contributed by atoms with van der Waals surface area (Å²) >= 11 is 6.59. The average molecular weight is 284 g/mol. The van der Waals surface area contributed by atoms with Crippen molar-refractivity contribution < 1.29 is 4.79 Å². The van der Waals surface area contributed by atoms with Crippen molar-refractivity contribution in [1.29, 1.82) is 0 Å². The minimum atomic E-state index is -0.362. The van der Waals surface area contributed by atoms with Crippen LogP contribution in [0.2, 0.25) is 0 Å². The smallest absolute Gasteiger partial charge is 0.230 e. The van der Waals surface area contributed by atoms with E-state index in [1.165, 1.54) is 4.88 Å². The van der Waals surface area contributed by atoms with Gasteiger partial charge in [0.25, 0.3) is 0 Å². The maximum Gasteiger partial charge on any atom is 0.230 e. The van der Waals surface area contributed by atoms with Crippen LogP contribution in [0, 0.1) is 5.92 Å². The maximum atomic E-state index is 12.1. The third kappa shape index (κ3) is 4.07. The third-order valence-corrected chi connectivity index (χ3v) is 4.12. The molecule has 0 saturated carbocycles. The van der Waals surface area contributed by atoms with Crippen LogP contribution in [0.1, 0.15) is 44.0 Å². The molecule has 0 saturated heterocycles. The van der Waals surface area contributed by atoms with Crippen LogP contribution in [-0.2, 0) is 4.79 Å². The topological polar surface area (TPSA) is 55.1 Å². The SMILES string of the molecule is CCCC(NC(=O)C(CC)C(N)=S)c1cccs1. The Morgan fingerprint density at radius 3 is 2.72 bits per heavy atom. The van der Waals surface area contributed by atoms with Crippen LogP contribution in [0.5, 0.6) is 0 Å². The zero-order chi connectivity index (χ0) is 13.5. The van der Waals surface area contributed by atoms with E-state index >= 15 is 0 Å². The normalized spacial score (nSPS) is 13.9.